The summed E-state index contributed by atoms with van der Waals surface area (Å²) in [6.45, 7) is 2.39. The zero-order chi connectivity index (χ0) is 18.0. The van der Waals surface area contributed by atoms with Crippen molar-refractivity contribution in [3.63, 3.8) is 0 Å². The summed E-state index contributed by atoms with van der Waals surface area (Å²) in [5.41, 5.74) is 2.47. The highest BCUT2D eigenvalue weighted by Gasteiger charge is 2.29. The van der Waals surface area contributed by atoms with Crippen LogP contribution in [0.15, 0.2) is 30.5 Å². The molecule has 1 aromatic heterocycles. The first-order valence-corrected chi connectivity index (χ1v) is 8.45. The molecule has 1 saturated heterocycles. The van der Waals surface area contributed by atoms with Crippen LogP contribution in [0.1, 0.15) is 18.9 Å². The van der Waals surface area contributed by atoms with Gasteiger partial charge in [0.05, 0.1) is 11.9 Å². The maximum Gasteiger partial charge on any atom is 0.245 e. The van der Waals surface area contributed by atoms with Crippen LogP contribution >= 0.6 is 12.2 Å². The number of H-pyrrole nitrogens is 1. The third-order valence-corrected chi connectivity index (χ3v) is 4.44. The van der Waals surface area contributed by atoms with Gasteiger partial charge in [-0.15, -0.1) is 0 Å². The van der Waals surface area contributed by atoms with Crippen LogP contribution in [0.2, 0.25) is 0 Å². The van der Waals surface area contributed by atoms with Crippen LogP contribution in [0, 0.1) is 5.82 Å². The van der Waals surface area contributed by atoms with Crippen molar-refractivity contribution in [2.45, 2.75) is 32.0 Å². The first kappa shape index (κ1) is 17.3. The Hall–Kier alpha value is -2.48. The minimum atomic E-state index is -0.338. The summed E-state index contributed by atoms with van der Waals surface area (Å²) >= 11 is 5.14. The van der Waals surface area contributed by atoms with Crippen molar-refractivity contribution in [2.24, 2.45) is 0 Å². The maximum absolute atomic E-state index is 13.1. The topological polar surface area (TPSA) is 73.0 Å². The summed E-state index contributed by atoms with van der Waals surface area (Å²) in [6.07, 6.45) is 2.35. The van der Waals surface area contributed by atoms with E-state index in [0.29, 0.717) is 18.1 Å². The molecule has 6 nitrogen and oxygen atoms in total. The molecule has 2 heterocycles. The van der Waals surface area contributed by atoms with Crippen LogP contribution < -0.4 is 10.6 Å². The second kappa shape index (κ2) is 7.18. The van der Waals surface area contributed by atoms with Gasteiger partial charge < -0.3 is 15.5 Å². The molecule has 0 spiro atoms. The molecular weight excluding hydrogens is 341 g/mol. The number of halogens is 1. The Bertz CT molecular complexity index is 776. The number of nitrogens with one attached hydrogen (secondary N) is 3. The zero-order valence-electron chi connectivity index (χ0n) is 14.0. The minimum Gasteiger partial charge on any atom is -0.360 e. The quantitative estimate of drug-likeness (QED) is 0.725. The van der Waals surface area contributed by atoms with E-state index in [1.165, 1.54) is 12.1 Å². The second-order valence-corrected chi connectivity index (χ2v) is 6.69. The third kappa shape index (κ3) is 3.96. The number of aromatic amines is 1. The van der Waals surface area contributed by atoms with Gasteiger partial charge in [0.1, 0.15) is 11.9 Å². The molecule has 0 unspecified atom stereocenters. The fraction of sp³-hybridized carbons (Fsp3) is 0.353. The van der Waals surface area contributed by atoms with Gasteiger partial charge in [0.15, 0.2) is 5.11 Å². The van der Waals surface area contributed by atoms with Crippen molar-refractivity contribution in [3.8, 4) is 11.3 Å². The highest BCUT2D eigenvalue weighted by atomic mass is 32.1. The molecule has 1 aromatic carbocycles. The van der Waals surface area contributed by atoms with E-state index in [0.717, 1.165) is 16.8 Å². The van der Waals surface area contributed by atoms with Gasteiger partial charge in [-0.25, -0.2) is 4.39 Å². The van der Waals surface area contributed by atoms with Gasteiger partial charge >= 0.3 is 0 Å². The standard InChI is InChI=1S/C17H20FN5OS/c1-10-7-14(21-17(25)20-10)16(24)23(2)9-12-8-19-22-15(12)11-3-5-13(18)6-4-11/h3-6,8,10,14H,7,9H2,1-2H3,(H,19,22)(H2,20,21,25)/t10-,14+/m1/s1. The average molecular weight is 361 g/mol. The van der Waals surface area contributed by atoms with Gasteiger partial charge in [-0.2, -0.15) is 5.10 Å². The SMILES string of the molecule is C[C@@H]1C[C@@H](C(=O)N(C)Cc2cn[nH]c2-c2ccc(F)cc2)NC(=S)N1. The van der Waals surface area contributed by atoms with Gasteiger partial charge in [-0.1, -0.05) is 0 Å². The van der Waals surface area contributed by atoms with Gasteiger partial charge in [0.2, 0.25) is 5.91 Å². The molecule has 1 amide bonds. The summed E-state index contributed by atoms with van der Waals surface area (Å²) in [7, 11) is 1.75. The first-order chi connectivity index (χ1) is 11.9. The predicted molar refractivity (Wildman–Crippen MR) is 97.2 cm³/mol. The number of hydrogen-bond acceptors (Lipinski definition) is 3. The van der Waals surface area contributed by atoms with Gasteiger partial charge in [-0.05, 0) is 49.8 Å². The maximum atomic E-state index is 13.1. The summed E-state index contributed by atoms with van der Waals surface area (Å²) in [6, 6.07) is 5.98. The highest BCUT2D eigenvalue weighted by Crippen LogP contribution is 2.22. The van der Waals surface area contributed by atoms with Crippen molar-refractivity contribution in [1.82, 2.24) is 25.7 Å². The monoisotopic (exact) mass is 361 g/mol. The molecule has 2 aromatic rings. The molecule has 2 atom stereocenters. The molecule has 25 heavy (non-hydrogen) atoms. The lowest BCUT2D eigenvalue weighted by Crippen LogP contribution is -2.58. The van der Waals surface area contributed by atoms with Crippen LogP contribution in [-0.2, 0) is 11.3 Å². The smallest absolute Gasteiger partial charge is 0.245 e. The second-order valence-electron chi connectivity index (χ2n) is 6.28. The average Bonchev–Trinajstić information content (AvgIpc) is 3.02. The molecule has 0 bridgehead atoms. The Morgan fingerprint density at radius 3 is 2.76 bits per heavy atom. The number of rotatable bonds is 4. The van der Waals surface area contributed by atoms with Crippen molar-refractivity contribution >= 4 is 23.2 Å². The predicted octanol–water partition coefficient (Wildman–Crippen LogP) is 1.80. The Labute approximate surface area is 150 Å². The number of carbonyl (C=O) groups is 1. The molecule has 1 aliphatic heterocycles. The molecular formula is C17H20FN5OS. The lowest BCUT2D eigenvalue weighted by atomic mass is 10.0. The molecule has 0 radical (unpaired) electrons. The largest absolute Gasteiger partial charge is 0.360 e. The number of hydrogen-bond donors (Lipinski definition) is 3. The Kier molecular flexibility index (Phi) is 4.98. The number of carbonyl (C=O) groups excluding carboxylic acids is 1. The zero-order valence-corrected chi connectivity index (χ0v) is 14.9. The molecule has 132 valence electrons. The van der Waals surface area contributed by atoms with E-state index in [1.807, 2.05) is 6.92 Å². The van der Waals surface area contributed by atoms with E-state index in [9.17, 15) is 9.18 Å². The minimum absolute atomic E-state index is 0.0260. The Balaban J connectivity index is 1.72. The number of amides is 1. The lowest BCUT2D eigenvalue weighted by Gasteiger charge is -2.32. The van der Waals surface area contributed by atoms with Crippen LogP contribution in [-0.4, -0.2) is 45.2 Å². The third-order valence-electron chi connectivity index (χ3n) is 4.20. The molecule has 3 N–H and O–H groups in total. The van der Waals surface area contributed by atoms with Gasteiger partial charge in [-0.3, -0.25) is 9.89 Å². The Morgan fingerprint density at radius 1 is 1.36 bits per heavy atom. The van der Waals surface area contributed by atoms with Crippen molar-refractivity contribution in [1.29, 1.82) is 0 Å². The molecule has 1 aliphatic rings. The van der Waals surface area contributed by atoms with Gasteiger partial charge in [0, 0.05) is 30.8 Å². The van der Waals surface area contributed by atoms with Crippen LogP contribution in [0.3, 0.4) is 0 Å². The van der Waals surface area contributed by atoms with E-state index in [1.54, 1.807) is 30.3 Å². The lowest BCUT2D eigenvalue weighted by molar-refractivity contribution is -0.132. The summed E-state index contributed by atoms with van der Waals surface area (Å²) in [5.74, 6) is -0.318. The number of aromatic nitrogens is 2. The molecule has 8 heteroatoms. The number of nitrogens with zero attached hydrogens (tertiary/aromatic N) is 2. The van der Waals surface area contributed by atoms with Gasteiger partial charge in [0.25, 0.3) is 0 Å². The van der Waals surface area contributed by atoms with E-state index >= 15 is 0 Å². The fourth-order valence-electron chi connectivity index (χ4n) is 2.95. The molecule has 0 saturated carbocycles. The van der Waals surface area contributed by atoms with Crippen molar-refractivity contribution in [2.75, 3.05) is 7.05 Å². The van der Waals surface area contributed by atoms with E-state index < -0.39 is 0 Å². The van der Waals surface area contributed by atoms with Crippen molar-refractivity contribution in [3.05, 3.63) is 41.8 Å². The van der Waals surface area contributed by atoms with E-state index in [-0.39, 0.29) is 23.8 Å². The normalized spacial score (nSPS) is 19.9. The highest BCUT2D eigenvalue weighted by molar-refractivity contribution is 7.80. The molecule has 1 fully saturated rings. The number of thiocarbonyl (C=S) groups is 1. The molecule has 0 aliphatic carbocycles. The van der Waals surface area contributed by atoms with E-state index in [4.69, 9.17) is 12.2 Å². The Morgan fingerprint density at radius 2 is 2.08 bits per heavy atom. The first-order valence-electron chi connectivity index (χ1n) is 8.04. The van der Waals surface area contributed by atoms with Crippen LogP contribution in [0.25, 0.3) is 11.3 Å². The summed E-state index contributed by atoms with van der Waals surface area (Å²) in [4.78, 5) is 14.4. The van der Waals surface area contributed by atoms with Crippen molar-refractivity contribution < 1.29 is 9.18 Å². The summed E-state index contributed by atoms with van der Waals surface area (Å²) in [5, 5.41) is 13.6. The van der Waals surface area contributed by atoms with E-state index in [2.05, 4.69) is 20.8 Å². The number of benzene rings is 1. The van der Waals surface area contributed by atoms with Crippen LogP contribution in [0.5, 0.6) is 0 Å². The van der Waals surface area contributed by atoms with Crippen LogP contribution in [0.4, 0.5) is 4.39 Å². The fourth-order valence-corrected chi connectivity index (χ4v) is 3.30. The summed E-state index contributed by atoms with van der Waals surface area (Å²) < 4.78 is 13.1. The molecule has 3 rings (SSSR count). The number of likely N-dealkylation sites (N-methyl/N-ethyl adjacent to an activating group) is 1.